The van der Waals surface area contributed by atoms with Crippen molar-refractivity contribution < 1.29 is 4.74 Å². The van der Waals surface area contributed by atoms with Crippen LogP contribution in [-0.4, -0.2) is 30.7 Å². The van der Waals surface area contributed by atoms with E-state index in [-0.39, 0.29) is 0 Å². The summed E-state index contributed by atoms with van der Waals surface area (Å²) in [5.41, 5.74) is 0. The molecule has 88 valence electrons. The highest BCUT2D eigenvalue weighted by Gasteiger charge is 2.18. The number of pyridine rings is 1. The Morgan fingerprint density at radius 1 is 1.50 bits per heavy atom. The SMILES string of the molecule is COc1cccc(NC2CCNC(C)C2)n1. The maximum absolute atomic E-state index is 5.10. The second-order valence-corrected chi connectivity index (χ2v) is 4.29. The molecular formula is C12H19N3O. The Balaban J connectivity index is 1.97. The Bertz CT molecular complexity index is 343. The van der Waals surface area contributed by atoms with Gasteiger partial charge in [0.15, 0.2) is 0 Å². The predicted molar refractivity (Wildman–Crippen MR) is 64.9 cm³/mol. The number of aromatic nitrogens is 1. The van der Waals surface area contributed by atoms with Crippen LogP contribution in [0.5, 0.6) is 5.88 Å². The molecule has 4 nitrogen and oxygen atoms in total. The zero-order valence-electron chi connectivity index (χ0n) is 9.86. The van der Waals surface area contributed by atoms with Gasteiger partial charge < -0.3 is 15.4 Å². The first-order valence-electron chi connectivity index (χ1n) is 5.79. The van der Waals surface area contributed by atoms with Crippen molar-refractivity contribution in [2.45, 2.75) is 31.8 Å². The highest BCUT2D eigenvalue weighted by molar-refractivity contribution is 5.38. The van der Waals surface area contributed by atoms with Gasteiger partial charge in [-0.25, -0.2) is 0 Å². The quantitative estimate of drug-likeness (QED) is 0.814. The molecule has 2 heterocycles. The van der Waals surface area contributed by atoms with Gasteiger partial charge in [-0.05, 0) is 32.4 Å². The molecule has 0 spiro atoms. The van der Waals surface area contributed by atoms with Gasteiger partial charge in [0.25, 0.3) is 0 Å². The van der Waals surface area contributed by atoms with E-state index in [1.165, 1.54) is 0 Å². The molecule has 0 aliphatic carbocycles. The van der Waals surface area contributed by atoms with Crippen LogP contribution in [0.1, 0.15) is 19.8 Å². The maximum atomic E-state index is 5.10. The van der Waals surface area contributed by atoms with E-state index in [4.69, 9.17) is 4.74 Å². The van der Waals surface area contributed by atoms with Crippen molar-refractivity contribution in [1.82, 2.24) is 10.3 Å². The lowest BCUT2D eigenvalue weighted by Gasteiger charge is -2.29. The average Bonchev–Trinajstić information content (AvgIpc) is 2.29. The summed E-state index contributed by atoms with van der Waals surface area (Å²) in [5, 5.41) is 6.89. The van der Waals surface area contributed by atoms with Gasteiger partial charge in [-0.3, -0.25) is 0 Å². The van der Waals surface area contributed by atoms with Gasteiger partial charge in [-0.15, -0.1) is 0 Å². The number of methoxy groups -OCH3 is 1. The highest BCUT2D eigenvalue weighted by Crippen LogP contribution is 2.16. The molecule has 0 aromatic carbocycles. The first-order chi connectivity index (χ1) is 7.78. The van der Waals surface area contributed by atoms with Crippen molar-refractivity contribution in [3.8, 4) is 5.88 Å². The van der Waals surface area contributed by atoms with Gasteiger partial charge in [0.05, 0.1) is 7.11 Å². The van der Waals surface area contributed by atoms with Crippen LogP contribution in [0.15, 0.2) is 18.2 Å². The summed E-state index contributed by atoms with van der Waals surface area (Å²) in [6.07, 6.45) is 2.28. The highest BCUT2D eigenvalue weighted by atomic mass is 16.5. The molecule has 1 aromatic heterocycles. The Kier molecular flexibility index (Phi) is 3.62. The fraction of sp³-hybridized carbons (Fsp3) is 0.583. The van der Waals surface area contributed by atoms with Gasteiger partial charge in [-0.2, -0.15) is 4.98 Å². The Labute approximate surface area is 96.4 Å². The minimum atomic E-state index is 0.510. The van der Waals surface area contributed by atoms with Crippen molar-refractivity contribution in [2.24, 2.45) is 0 Å². The summed E-state index contributed by atoms with van der Waals surface area (Å²) >= 11 is 0. The van der Waals surface area contributed by atoms with Crippen molar-refractivity contribution in [3.63, 3.8) is 0 Å². The minimum Gasteiger partial charge on any atom is -0.481 e. The number of hydrogen-bond acceptors (Lipinski definition) is 4. The zero-order chi connectivity index (χ0) is 11.4. The normalized spacial score (nSPS) is 25.1. The molecule has 1 aliphatic heterocycles. The van der Waals surface area contributed by atoms with Crippen LogP contribution in [0, 0.1) is 0 Å². The first-order valence-corrected chi connectivity index (χ1v) is 5.79. The molecule has 1 fully saturated rings. The van der Waals surface area contributed by atoms with Crippen LogP contribution in [-0.2, 0) is 0 Å². The molecule has 2 atom stereocenters. The van der Waals surface area contributed by atoms with Crippen LogP contribution in [0.25, 0.3) is 0 Å². The summed E-state index contributed by atoms with van der Waals surface area (Å²) in [6.45, 7) is 3.29. The predicted octanol–water partition coefficient (Wildman–Crippen LogP) is 1.64. The molecule has 1 aromatic rings. The summed E-state index contributed by atoms with van der Waals surface area (Å²) in [4.78, 5) is 4.36. The number of nitrogens with zero attached hydrogens (tertiary/aromatic N) is 1. The lowest BCUT2D eigenvalue weighted by Crippen LogP contribution is -2.41. The second kappa shape index (κ2) is 5.16. The van der Waals surface area contributed by atoms with Crippen molar-refractivity contribution in [2.75, 3.05) is 19.0 Å². The zero-order valence-corrected chi connectivity index (χ0v) is 9.86. The standard InChI is InChI=1S/C12H19N3O/c1-9-8-10(6-7-13-9)14-11-4-3-5-12(15-11)16-2/h3-5,9-10,13H,6-8H2,1-2H3,(H,14,15). The Morgan fingerprint density at radius 3 is 3.12 bits per heavy atom. The summed E-state index contributed by atoms with van der Waals surface area (Å²) in [6, 6.07) is 6.89. The third-order valence-corrected chi connectivity index (χ3v) is 2.91. The molecule has 2 N–H and O–H groups in total. The molecule has 0 amide bonds. The topological polar surface area (TPSA) is 46.2 Å². The average molecular weight is 221 g/mol. The maximum Gasteiger partial charge on any atom is 0.214 e. The van der Waals surface area contributed by atoms with E-state index in [1.54, 1.807) is 7.11 Å². The van der Waals surface area contributed by atoms with E-state index in [0.29, 0.717) is 18.0 Å². The van der Waals surface area contributed by atoms with Crippen LogP contribution in [0.3, 0.4) is 0 Å². The van der Waals surface area contributed by atoms with Crippen LogP contribution < -0.4 is 15.4 Å². The fourth-order valence-electron chi connectivity index (χ4n) is 2.08. The summed E-state index contributed by atoms with van der Waals surface area (Å²) in [7, 11) is 1.64. The molecule has 2 unspecified atom stereocenters. The van der Waals surface area contributed by atoms with Gasteiger partial charge in [0.1, 0.15) is 5.82 Å². The van der Waals surface area contributed by atoms with Crippen LogP contribution in [0.2, 0.25) is 0 Å². The van der Waals surface area contributed by atoms with Crippen LogP contribution in [0.4, 0.5) is 5.82 Å². The number of ether oxygens (including phenoxy) is 1. The Hall–Kier alpha value is -1.29. The van der Waals surface area contributed by atoms with Crippen LogP contribution >= 0.6 is 0 Å². The van der Waals surface area contributed by atoms with E-state index in [0.717, 1.165) is 25.2 Å². The number of rotatable bonds is 3. The fourth-order valence-corrected chi connectivity index (χ4v) is 2.08. The van der Waals surface area contributed by atoms with Crippen molar-refractivity contribution >= 4 is 5.82 Å². The lowest BCUT2D eigenvalue weighted by atomic mass is 10.0. The molecular weight excluding hydrogens is 202 g/mol. The van der Waals surface area contributed by atoms with E-state index in [9.17, 15) is 0 Å². The van der Waals surface area contributed by atoms with Crippen molar-refractivity contribution in [1.29, 1.82) is 0 Å². The number of anilines is 1. The van der Waals surface area contributed by atoms with Gasteiger partial charge in [0.2, 0.25) is 5.88 Å². The van der Waals surface area contributed by atoms with E-state index in [1.807, 2.05) is 18.2 Å². The molecule has 1 aliphatic rings. The van der Waals surface area contributed by atoms with Gasteiger partial charge in [0, 0.05) is 18.2 Å². The monoisotopic (exact) mass is 221 g/mol. The molecule has 16 heavy (non-hydrogen) atoms. The molecule has 2 rings (SSSR count). The molecule has 0 saturated carbocycles. The number of hydrogen-bond donors (Lipinski definition) is 2. The molecule has 4 heteroatoms. The third-order valence-electron chi connectivity index (χ3n) is 2.91. The van der Waals surface area contributed by atoms with E-state index in [2.05, 4.69) is 22.5 Å². The molecule has 0 radical (unpaired) electrons. The smallest absolute Gasteiger partial charge is 0.214 e. The van der Waals surface area contributed by atoms with E-state index >= 15 is 0 Å². The Morgan fingerprint density at radius 2 is 2.38 bits per heavy atom. The largest absolute Gasteiger partial charge is 0.481 e. The van der Waals surface area contributed by atoms with Gasteiger partial charge >= 0.3 is 0 Å². The van der Waals surface area contributed by atoms with Gasteiger partial charge in [-0.1, -0.05) is 6.07 Å². The second-order valence-electron chi connectivity index (χ2n) is 4.29. The first kappa shape index (κ1) is 11.2. The molecule has 1 saturated heterocycles. The number of nitrogens with one attached hydrogen (secondary N) is 2. The minimum absolute atomic E-state index is 0.510. The van der Waals surface area contributed by atoms with Crippen molar-refractivity contribution in [3.05, 3.63) is 18.2 Å². The molecule has 0 bridgehead atoms. The lowest BCUT2D eigenvalue weighted by molar-refractivity contribution is 0.390. The summed E-state index contributed by atoms with van der Waals surface area (Å²) < 4.78 is 5.10. The number of piperidine rings is 1. The summed E-state index contributed by atoms with van der Waals surface area (Å²) in [5.74, 6) is 1.56. The third kappa shape index (κ3) is 2.85. The van der Waals surface area contributed by atoms with E-state index < -0.39 is 0 Å².